The van der Waals surface area contributed by atoms with Crippen LogP contribution in [0.2, 0.25) is 0 Å². The van der Waals surface area contributed by atoms with Crippen molar-refractivity contribution in [3.05, 3.63) is 36.1 Å². The first-order chi connectivity index (χ1) is 8.04. The van der Waals surface area contributed by atoms with Gasteiger partial charge in [-0.05, 0) is 19.1 Å². The third-order valence-corrected chi connectivity index (χ3v) is 1.97. The fourth-order valence-electron chi connectivity index (χ4n) is 1.18. The van der Waals surface area contributed by atoms with Gasteiger partial charge in [0.05, 0.1) is 25.0 Å². The first-order valence-corrected chi connectivity index (χ1v) is 4.79. The molecule has 0 atom stereocenters. The van der Waals surface area contributed by atoms with Crippen molar-refractivity contribution in [3.8, 4) is 11.5 Å². The lowest BCUT2D eigenvalue weighted by Crippen LogP contribution is -1.98. The van der Waals surface area contributed by atoms with Crippen LogP contribution >= 0.6 is 0 Å². The highest BCUT2D eigenvalue weighted by Crippen LogP contribution is 2.25. The third-order valence-electron chi connectivity index (χ3n) is 1.97. The minimum absolute atomic E-state index is 0.175. The van der Waals surface area contributed by atoms with Gasteiger partial charge in [0, 0.05) is 6.07 Å². The van der Waals surface area contributed by atoms with Crippen molar-refractivity contribution in [1.82, 2.24) is 0 Å². The van der Waals surface area contributed by atoms with Crippen LogP contribution in [-0.2, 0) is 4.79 Å². The number of ketones is 1. The quantitative estimate of drug-likeness (QED) is 0.480. The number of rotatable bonds is 5. The SMILES string of the molecule is COc1ccc(C(C)=O)c(OC=CC(=O)O)c1. The second kappa shape index (κ2) is 5.69. The smallest absolute Gasteiger partial charge is 0.331 e. The van der Waals surface area contributed by atoms with E-state index in [2.05, 4.69) is 0 Å². The molecule has 0 bridgehead atoms. The van der Waals surface area contributed by atoms with Crippen LogP contribution in [0.3, 0.4) is 0 Å². The van der Waals surface area contributed by atoms with Crippen LogP contribution in [0.25, 0.3) is 0 Å². The summed E-state index contributed by atoms with van der Waals surface area (Å²) in [6, 6.07) is 4.71. The van der Waals surface area contributed by atoms with Crippen molar-refractivity contribution < 1.29 is 24.2 Å². The average molecular weight is 236 g/mol. The molecule has 0 saturated heterocycles. The molecule has 5 nitrogen and oxygen atoms in total. The molecule has 0 aliphatic carbocycles. The first-order valence-electron chi connectivity index (χ1n) is 4.79. The second-order valence-electron chi connectivity index (χ2n) is 3.18. The van der Waals surface area contributed by atoms with E-state index in [1.54, 1.807) is 12.1 Å². The largest absolute Gasteiger partial charge is 0.497 e. The summed E-state index contributed by atoms with van der Waals surface area (Å²) in [6.45, 7) is 1.40. The molecule has 0 saturated carbocycles. The van der Waals surface area contributed by atoms with Gasteiger partial charge in [0.15, 0.2) is 5.78 Å². The van der Waals surface area contributed by atoms with E-state index >= 15 is 0 Å². The lowest BCUT2D eigenvalue weighted by Gasteiger charge is -2.07. The van der Waals surface area contributed by atoms with Gasteiger partial charge in [0.1, 0.15) is 11.5 Å². The molecule has 0 aliphatic rings. The van der Waals surface area contributed by atoms with Crippen molar-refractivity contribution >= 4 is 11.8 Å². The maximum absolute atomic E-state index is 11.3. The van der Waals surface area contributed by atoms with Gasteiger partial charge in [0.25, 0.3) is 0 Å². The van der Waals surface area contributed by atoms with Gasteiger partial charge in [-0.25, -0.2) is 4.79 Å². The zero-order chi connectivity index (χ0) is 12.8. The van der Waals surface area contributed by atoms with Gasteiger partial charge in [-0.15, -0.1) is 0 Å². The van der Waals surface area contributed by atoms with Gasteiger partial charge in [0.2, 0.25) is 0 Å². The van der Waals surface area contributed by atoms with E-state index in [9.17, 15) is 9.59 Å². The van der Waals surface area contributed by atoms with Crippen molar-refractivity contribution in [2.45, 2.75) is 6.92 Å². The molecule has 1 rings (SSSR count). The number of Topliss-reactive ketones (excluding diaryl/α,β-unsaturated/α-hetero) is 1. The Bertz CT molecular complexity index is 462. The van der Waals surface area contributed by atoms with Crippen molar-refractivity contribution in [1.29, 1.82) is 0 Å². The molecule has 0 aromatic heterocycles. The van der Waals surface area contributed by atoms with E-state index in [0.717, 1.165) is 12.3 Å². The van der Waals surface area contributed by atoms with E-state index < -0.39 is 5.97 Å². The predicted octanol–water partition coefficient (Wildman–Crippen LogP) is 1.87. The maximum Gasteiger partial charge on any atom is 0.331 e. The van der Waals surface area contributed by atoms with Crippen LogP contribution in [0, 0.1) is 0 Å². The Morgan fingerprint density at radius 2 is 2.06 bits per heavy atom. The summed E-state index contributed by atoms with van der Waals surface area (Å²) < 4.78 is 10.1. The Morgan fingerprint density at radius 1 is 1.35 bits per heavy atom. The van der Waals surface area contributed by atoms with Crippen LogP contribution in [0.5, 0.6) is 11.5 Å². The summed E-state index contributed by atoms with van der Waals surface area (Å²) in [5, 5.41) is 8.41. The van der Waals surface area contributed by atoms with Crippen molar-refractivity contribution in [2.75, 3.05) is 7.11 Å². The Kier molecular flexibility index (Phi) is 4.28. The molecule has 0 fully saturated rings. The fourth-order valence-corrected chi connectivity index (χ4v) is 1.18. The van der Waals surface area contributed by atoms with E-state index in [4.69, 9.17) is 14.6 Å². The molecule has 0 spiro atoms. The number of aliphatic carboxylic acids is 1. The van der Waals surface area contributed by atoms with Crippen LogP contribution in [0.1, 0.15) is 17.3 Å². The number of benzene rings is 1. The number of ether oxygens (including phenoxy) is 2. The standard InChI is InChI=1S/C12H12O5/c1-8(13)10-4-3-9(16-2)7-11(10)17-6-5-12(14)15/h3-7H,1-2H3,(H,14,15). The zero-order valence-corrected chi connectivity index (χ0v) is 9.47. The highest BCUT2D eigenvalue weighted by Gasteiger charge is 2.09. The molecule has 0 heterocycles. The van der Waals surface area contributed by atoms with E-state index in [1.165, 1.54) is 20.1 Å². The van der Waals surface area contributed by atoms with Gasteiger partial charge in [-0.3, -0.25) is 4.79 Å². The summed E-state index contributed by atoms with van der Waals surface area (Å²) in [7, 11) is 1.49. The van der Waals surface area contributed by atoms with E-state index in [1.807, 2.05) is 0 Å². The number of hydrogen-bond acceptors (Lipinski definition) is 4. The topological polar surface area (TPSA) is 72.8 Å². The number of carbonyl (C=O) groups is 2. The second-order valence-corrected chi connectivity index (χ2v) is 3.18. The normalized spacial score (nSPS) is 10.2. The summed E-state index contributed by atoms with van der Waals surface area (Å²) >= 11 is 0. The molecule has 5 heteroatoms. The first kappa shape index (κ1) is 12.8. The Morgan fingerprint density at radius 3 is 2.59 bits per heavy atom. The van der Waals surface area contributed by atoms with Crippen molar-refractivity contribution in [2.24, 2.45) is 0 Å². The Labute approximate surface area is 98.3 Å². The van der Waals surface area contributed by atoms with Crippen LogP contribution < -0.4 is 9.47 Å². The highest BCUT2D eigenvalue weighted by atomic mass is 16.5. The monoisotopic (exact) mass is 236 g/mol. The van der Waals surface area contributed by atoms with Crippen LogP contribution in [-0.4, -0.2) is 24.0 Å². The molecule has 1 N–H and O–H groups in total. The lowest BCUT2D eigenvalue weighted by atomic mass is 10.1. The summed E-state index contributed by atoms with van der Waals surface area (Å²) in [5.41, 5.74) is 0.362. The van der Waals surface area contributed by atoms with Gasteiger partial charge >= 0.3 is 5.97 Å². The van der Waals surface area contributed by atoms with Gasteiger partial charge in [-0.1, -0.05) is 0 Å². The summed E-state index contributed by atoms with van der Waals surface area (Å²) in [4.78, 5) is 21.6. The molecule has 17 heavy (non-hydrogen) atoms. The number of methoxy groups -OCH3 is 1. The van der Waals surface area contributed by atoms with Gasteiger partial charge in [-0.2, -0.15) is 0 Å². The highest BCUT2D eigenvalue weighted by molar-refractivity contribution is 5.97. The minimum Gasteiger partial charge on any atom is -0.497 e. The third kappa shape index (κ3) is 3.64. The van der Waals surface area contributed by atoms with Crippen LogP contribution in [0.15, 0.2) is 30.5 Å². The predicted molar refractivity (Wildman–Crippen MR) is 60.4 cm³/mol. The zero-order valence-electron chi connectivity index (χ0n) is 9.47. The average Bonchev–Trinajstić information content (AvgIpc) is 2.28. The summed E-state index contributed by atoms with van der Waals surface area (Å²) in [5.74, 6) is -0.522. The molecular formula is C12H12O5. The Balaban J connectivity index is 3.00. The van der Waals surface area contributed by atoms with Crippen LogP contribution in [0.4, 0.5) is 0 Å². The molecular weight excluding hydrogens is 224 g/mol. The minimum atomic E-state index is -1.13. The molecule has 1 aromatic rings. The number of carboxylic acids is 1. The van der Waals surface area contributed by atoms with Gasteiger partial charge < -0.3 is 14.6 Å². The number of hydrogen-bond donors (Lipinski definition) is 1. The molecule has 0 radical (unpaired) electrons. The molecule has 90 valence electrons. The maximum atomic E-state index is 11.3. The number of carbonyl (C=O) groups excluding carboxylic acids is 1. The van der Waals surface area contributed by atoms with E-state index in [0.29, 0.717) is 11.3 Å². The number of carboxylic acid groups (broad SMARTS) is 1. The Hall–Kier alpha value is -2.30. The molecule has 0 amide bonds. The molecule has 0 unspecified atom stereocenters. The molecule has 0 aliphatic heterocycles. The molecule has 1 aromatic carbocycles. The van der Waals surface area contributed by atoms with E-state index in [-0.39, 0.29) is 11.5 Å². The fraction of sp³-hybridized carbons (Fsp3) is 0.167. The lowest BCUT2D eigenvalue weighted by molar-refractivity contribution is -0.131. The van der Waals surface area contributed by atoms with Crippen molar-refractivity contribution in [3.63, 3.8) is 0 Å². The summed E-state index contributed by atoms with van der Waals surface area (Å²) in [6.07, 6.45) is 1.84.